The highest BCUT2D eigenvalue weighted by atomic mass is 16.4. The van der Waals surface area contributed by atoms with E-state index in [0.717, 1.165) is 0 Å². The van der Waals surface area contributed by atoms with Gasteiger partial charge in [-0.15, -0.1) is 0 Å². The first-order valence-corrected chi connectivity index (χ1v) is 2.72. The maximum atomic E-state index is 10.4. The van der Waals surface area contributed by atoms with Gasteiger partial charge in [-0.1, -0.05) is 6.40 Å². The van der Waals surface area contributed by atoms with Crippen LogP contribution in [0.2, 0.25) is 0 Å². The zero-order valence-corrected chi connectivity index (χ0v) is 5.40. The molecule has 0 spiro atoms. The maximum absolute atomic E-state index is 10.4. The molecule has 0 saturated heterocycles. The predicted molar refractivity (Wildman–Crippen MR) is 38.5 cm³/mol. The molecule has 0 aromatic rings. The summed E-state index contributed by atoms with van der Waals surface area (Å²) in [5.74, 6) is -1.40. The third kappa shape index (κ3) is 4.29. The van der Waals surface area contributed by atoms with E-state index in [1.807, 2.05) is 0 Å². The lowest BCUT2D eigenvalue weighted by Gasteiger charge is -2.03. The first-order chi connectivity index (χ1) is 6.29. The standard InChI is InChI=1S/C6H14N2O2/c7-4-2-1-3-5(8)6(9)10/h5H,1-4,7-8H2,(H,9,10)/t5-/m0/s1/i1D,2D,3D,4D/t1?,2?,3?,4?,5-. The summed E-state index contributed by atoms with van der Waals surface area (Å²) in [6, 6.07) is -1.52. The van der Waals surface area contributed by atoms with Crippen molar-refractivity contribution in [1.82, 2.24) is 0 Å². The molecule has 4 heteroatoms. The first-order valence-electron chi connectivity index (χ1n) is 5.03. The van der Waals surface area contributed by atoms with Gasteiger partial charge in [-0.3, -0.25) is 4.79 Å². The monoisotopic (exact) mass is 150 g/mol. The fourth-order valence-corrected chi connectivity index (χ4v) is 0.330. The lowest BCUT2D eigenvalue weighted by atomic mass is 10.1. The third-order valence-corrected chi connectivity index (χ3v) is 0.826. The van der Waals surface area contributed by atoms with Crippen LogP contribution in [0.25, 0.3) is 0 Å². The molecule has 5 N–H and O–H groups in total. The van der Waals surface area contributed by atoms with Crippen LogP contribution in [-0.4, -0.2) is 23.6 Å². The van der Waals surface area contributed by atoms with Crippen molar-refractivity contribution in [1.29, 1.82) is 0 Å². The van der Waals surface area contributed by atoms with Crippen molar-refractivity contribution < 1.29 is 15.4 Å². The minimum atomic E-state index is -1.52. The van der Waals surface area contributed by atoms with E-state index in [1.54, 1.807) is 0 Å². The Morgan fingerprint density at radius 1 is 1.70 bits per heavy atom. The Kier molecular flexibility index (Phi) is 2.24. The number of hydrogen-bond acceptors (Lipinski definition) is 3. The second kappa shape index (κ2) is 5.20. The van der Waals surface area contributed by atoms with Crippen LogP contribution in [0.5, 0.6) is 0 Å². The molecule has 0 amide bonds. The van der Waals surface area contributed by atoms with E-state index in [-0.39, 0.29) is 0 Å². The molecule has 0 aliphatic carbocycles. The molecular weight excluding hydrogens is 132 g/mol. The van der Waals surface area contributed by atoms with Crippen LogP contribution in [0.4, 0.5) is 0 Å². The van der Waals surface area contributed by atoms with Crippen molar-refractivity contribution in [3.05, 3.63) is 0 Å². The van der Waals surface area contributed by atoms with E-state index >= 15 is 0 Å². The minimum Gasteiger partial charge on any atom is -0.480 e. The Morgan fingerprint density at radius 3 is 2.70 bits per heavy atom. The van der Waals surface area contributed by atoms with Gasteiger partial charge in [0.15, 0.2) is 0 Å². The molecule has 0 radical (unpaired) electrons. The second-order valence-corrected chi connectivity index (χ2v) is 1.63. The van der Waals surface area contributed by atoms with E-state index in [4.69, 9.17) is 22.1 Å². The molecule has 0 aliphatic rings. The normalized spacial score (nSPS) is 31.4. The molecule has 0 rings (SSSR count). The van der Waals surface area contributed by atoms with Gasteiger partial charge in [0, 0.05) is 5.48 Å². The third-order valence-electron chi connectivity index (χ3n) is 0.826. The van der Waals surface area contributed by atoms with Crippen LogP contribution < -0.4 is 11.5 Å². The number of hydrogen-bond donors (Lipinski definition) is 3. The summed E-state index contributed by atoms with van der Waals surface area (Å²) < 4.78 is 28.8. The first kappa shape index (κ1) is 4.31. The number of nitrogens with two attached hydrogens (primary N) is 2. The summed E-state index contributed by atoms with van der Waals surface area (Å²) >= 11 is 0. The van der Waals surface area contributed by atoms with Crippen LogP contribution in [0.3, 0.4) is 0 Å². The van der Waals surface area contributed by atoms with Gasteiger partial charge in [0.25, 0.3) is 0 Å². The highest BCUT2D eigenvalue weighted by molar-refractivity contribution is 5.72. The average Bonchev–Trinajstić information content (AvgIpc) is 2.12. The Balaban J connectivity index is 4.37. The highest BCUT2D eigenvalue weighted by Crippen LogP contribution is 1.96. The molecule has 4 nitrogen and oxygen atoms in total. The maximum Gasteiger partial charge on any atom is 0.320 e. The summed E-state index contributed by atoms with van der Waals surface area (Å²) in [5, 5.41) is 8.45. The zero-order valence-electron chi connectivity index (χ0n) is 9.40. The summed E-state index contributed by atoms with van der Waals surface area (Å²) in [6.45, 7) is -1.33. The average molecular weight is 150 g/mol. The molecule has 5 atom stereocenters. The SMILES string of the molecule is [2H]C(N)C([2H])C([2H])C([2H])[C@H](N)C(=O)O. The van der Waals surface area contributed by atoms with Gasteiger partial charge in [0.2, 0.25) is 0 Å². The molecule has 10 heavy (non-hydrogen) atoms. The molecule has 0 saturated carbocycles. The van der Waals surface area contributed by atoms with Gasteiger partial charge >= 0.3 is 5.97 Å². The number of carboxylic acid groups (broad SMARTS) is 1. The van der Waals surface area contributed by atoms with E-state index in [2.05, 4.69) is 0 Å². The summed E-state index contributed by atoms with van der Waals surface area (Å²) in [4.78, 5) is 10.4. The second-order valence-electron chi connectivity index (χ2n) is 1.63. The van der Waals surface area contributed by atoms with Crippen molar-refractivity contribution >= 4 is 5.97 Å². The Bertz CT molecular complexity index is 204. The van der Waals surface area contributed by atoms with Gasteiger partial charge in [-0.05, 0) is 19.3 Å². The number of rotatable bonds is 5. The number of carbonyl (C=O) groups is 1. The van der Waals surface area contributed by atoms with Crippen LogP contribution in [0, 0.1) is 0 Å². The lowest BCUT2D eigenvalue weighted by Crippen LogP contribution is -2.29. The van der Waals surface area contributed by atoms with Crippen LogP contribution in [-0.2, 0) is 4.79 Å². The van der Waals surface area contributed by atoms with E-state index < -0.39 is 37.7 Å². The molecule has 0 fully saturated rings. The molecule has 0 bridgehead atoms. The molecule has 0 heterocycles. The fourth-order valence-electron chi connectivity index (χ4n) is 0.330. The predicted octanol–water partition coefficient (Wildman–Crippen LogP) is -0.473. The van der Waals surface area contributed by atoms with Gasteiger partial charge in [-0.25, -0.2) is 0 Å². The van der Waals surface area contributed by atoms with E-state index in [1.165, 1.54) is 0 Å². The molecule has 0 aromatic carbocycles. The van der Waals surface area contributed by atoms with Crippen molar-refractivity contribution in [3.63, 3.8) is 0 Å². The van der Waals surface area contributed by atoms with Gasteiger partial charge in [-0.2, -0.15) is 0 Å². The molecule has 0 aliphatic heterocycles. The summed E-state index contributed by atoms with van der Waals surface area (Å²) in [7, 11) is 0. The number of aliphatic carboxylic acids is 1. The molecular formula is C6H14N2O2. The molecule has 4 unspecified atom stereocenters. The van der Waals surface area contributed by atoms with Crippen LogP contribution in [0.1, 0.15) is 24.7 Å². The smallest absolute Gasteiger partial charge is 0.320 e. The minimum absolute atomic E-state index is 1.33. The van der Waals surface area contributed by atoms with Crippen molar-refractivity contribution in [3.8, 4) is 0 Å². The molecule has 0 aromatic heterocycles. The Labute approximate surface area is 65.8 Å². The Morgan fingerprint density at radius 2 is 2.30 bits per heavy atom. The van der Waals surface area contributed by atoms with Crippen LogP contribution in [0.15, 0.2) is 0 Å². The lowest BCUT2D eigenvalue weighted by molar-refractivity contribution is -0.138. The van der Waals surface area contributed by atoms with Gasteiger partial charge in [0.1, 0.15) is 6.04 Å². The Hall–Kier alpha value is -0.610. The zero-order chi connectivity index (χ0) is 11.5. The van der Waals surface area contributed by atoms with Crippen molar-refractivity contribution in [2.24, 2.45) is 11.5 Å². The summed E-state index contributed by atoms with van der Waals surface area (Å²) in [5.41, 5.74) is 10.1. The number of carboxylic acids is 1. The van der Waals surface area contributed by atoms with Crippen LogP contribution >= 0.6 is 0 Å². The summed E-state index contributed by atoms with van der Waals surface area (Å²) in [6.07, 6.45) is -4.18. The van der Waals surface area contributed by atoms with E-state index in [9.17, 15) is 4.79 Å². The fraction of sp³-hybridized carbons (Fsp3) is 0.833. The van der Waals surface area contributed by atoms with Crippen molar-refractivity contribution in [2.45, 2.75) is 25.2 Å². The quantitative estimate of drug-likeness (QED) is 0.494. The topological polar surface area (TPSA) is 89.3 Å². The van der Waals surface area contributed by atoms with Gasteiger partial charge < -0.3 is 16.6 Å². The highest BCUT2D eigenvalue weighted by Gasteiger charge is 2.09. The van der Waals surface area contributed by atoms with E-state index in [0.29, 0.717) is 0 Å². The largest absolute Gasteiger partial charge is 0.480 e. The molecule has 60 valence electrons. The van der Waals surface area contributed by atoms with Crippen molar-refractivity contribution in [2.75, 3.05) is 6.52 Å². The van der Waals surface area contributed by atoms with Gasteiger partial charge in [0.05, 0.1) is 0 Å².